The minimum absolute atomic E-state index is 0.201. The van der Waals surface area contributed by atoms with Gasteiger partial charge in [0.25, 0.3) is 0 Å². The zero-order chi connectivity index (χ0) is 24.2. The van der Waals surface area contributed by atoms with Crippen LogP contribution in [0.2, 0.25) is 0 Å². The Hall–Kier alpha value is -3.12. The Morgan fingerprint density at radius 2 is 1.77 bits per heavy atom. The average molecular weight is 531 g/mol. The van der Waals surface area contributed by atoms with Crippen LogP contribution in [0.5, 0.6) is 0 Å². The van der Waals surface area contributed by atoms with Gasteiger partial charge in [0.15, 0.2) is 0 Å². The SMILES string of the molecule is Cc1ccccc1C1=CCc2c(Br)cnn2C(NCc2ccc(CNC(=O)C3CCCC3)cc2)=C1. The van der Waals surface area contributed by atoms with Gasteiger partial charge in [-0.1, -0.05) is 67.4 Å². The standard InChI is InChI=1S/C29H31BrN4O/c1-20-6-2-5-9-25(20)24-14-15-27-26(30)19-33-34(27)28(16-24)31-17-21-10-12-22(13-11-21)18-32-29(35)23-7-3-4-8-23/h2,5-6,9-14,16,19,23,31H,3-4,7-8,15,17-18H2,1H3,(H,32,35). The van der Waals surface area contributed by atoms with Crippen molar-refractivity contribution >= 4 is 33.2 Å². The number of hydrogen-bond donors (Lipinski definition) is 2. The molecule has 0 unspecified atom stereocenters. The van der Waals surface area contributed by atoms with Gasteiger partial charge in [-0.3, -0.25) is 4.79 Å². The molecule has 2 aliphatic rings. The van der Waals surface area contributed by atoms with Gasteiger partial charge in [0.05, 0.1) is 16.4 Å². The van der Waals surface area contributed by atoms with E-state index < -0.39 is 0 Å². The van der Waals surface area contributed by atoms with Crippen LogP contribution in [-0.4, -0.2) is 15.7 Å². The number of halogens is 1. The summed E-state index contributed by atoms with van der Waals surface area (Å²) in [6.45, 7) is 3.41. The van der Waals surface area contributed by atoms with Gasteiger partial charge in [-0.15, -0.1) is 0 Å². The monoisotopic (exact) mass is 530 g/mol. The summed E-state index contributed by atoms with van der Waals surface area (Å²) in [5, 5.41) is 11.3. The number of hydrogen-bond acceptors (Lipinski definition) is 3. The van der Waals surface area contributed by atoms with E-state index >= 15 is 0 Å². The second kappa shape index (κ2) is 10.6. The molecule has 0 bridgehead atoms. The fourth-order valence-electron chi connectivity index (χ4n) is 4.92. The summed E-state index contributed by atoms with van der Waals surface area (Å²) in [6.07, 6.45) is 11.5. The van der Waals surface area contributed by atoms with Crippen LogP contribution in [0.15, 0.2) is 71.4 Å². The highest BCUT2D eigenvalue weighted by atomic mass is 79.9. The summed E-state index contributed by atoms with van der Waals surface area (Å²) in [5.41, 5.74) is 7.10. The third-order valence-corrected chi connectivity index (χ3v) is 7.66. The van der Waals surface area contributed by atoms with Crippen molar-refractivity contribution in [1.82, 2.24) is 20.4 Å². The molecule has 5 nitrogen and oxygen atoms in total. The fraction of sp³-hybridized carbons (Fsp3) is 0.310. The maximum Gasteiger partial charge on any atom is 0.223 e. The van der Waals surface area contributed by atoms with Crippen LogP contribution in [0.1, 0.15) is 53.6 Å². The van der Waals surface area contributed by atoms with Crippen molar-refractivity contribution in [3.8, 4) is 0 Å². The van der Waals surface area contributed by atoms with Crippen LogP contribution in [-0.2, 0) is 24.3 Å². The van der Waals surface area contributed by atoms with Crippen molar-refractivity contribution < 1.29 is 4.79 Å². The normalized spacial score (nSPS) is 15.7. The first-order chi connectivity index (χ1) is 17.1. The molecule has 1 aromatic heterocycles. The van der Waals surface area contributed by atoms with Gasteiger partial charge >= 0.3 is 0 Å². The van der Waals surface area contributed by atoms with Gasteiger partial charge in [-0.25, -0.2) is 4.68 Å². The summed E-state index contributed by atoms with van der Waals surface area (Å²) < 4.78 is 3.00. The molecule has 180 valence electrons. The number of carbonyl (C=O) groups is 1. The minimum atomic E-state index is 0.201. The first kappa shape index (κ1) is 23.6. The molecule has 35 heavy (non-hydrogen) atoms. The average Bonchev–Trinajstić information content (AvgIpc) is 3.50. The molecular formula is C29H31BrN4O. The van der Waals surface area contributed by atoms with E-state index in [-0.39, 0.29) is 11.8 Å². The van der Waals surface area contributed by atoms with Crippen molar-refractivity contribution in [2.24, 2.45) is 5.92 Å². The zero-order valence-corrected chi connectivity index (χ0v) is 21.6. The Balaban J connectivity index is 1.28. The predicted molar refractivity (Wildman–Crippen MR) is 144 cm³/mol. The molecule has 0 spiro atoms. The van der Waals surface area contributed by atoms with E-state index in [0.29, 0.717) is 13.1 Å². The molecule has 6 heteroatoms. The van der Waals surface area contributed by atoms with Crippen molar-refractivity contribution in [3.63, 3.8) is 0 Å². The second-order valence-corrected chi connectivity index (χ2v) is 10.3. The van der Waals surface area contributed by atoms with E-state index in [4.69, 9.17) is 0 Å². The van der Waals surface area contributed by atoms with E-state index in [0.717, 1.165) is 40.8 Å². The molecule has 1 amide bonds. The predicted octanol–water partition coefficient (Wildman–Crippen LogP) is 5.99. The first-order valence-electron chi connectivity index (χ1n) is 12.4. The highest BCUT2D eigenvalue weighted by Crippen LogP contribution is 2.29. The van der Waals surface area contributed by atoms with Crippen LogP contribution in [0.3, 0.4) is 0 Å². The fourth-order valence-corrected chi connectivity index (χ4v) is 5.34. The van der Waals surface area contributed by atoms with E-state index in [1.807, 2.05) is 10.9 Å². The Bertz CT molecular complexity index is 1270. The molecule has 2 heterocycles. The molecule has 0 atom stereocenters. The molecule has 1 aliphatic carbocycles. The summed E-state index contributed by atoms with van der Waals surface area (Å²) in [6, 6.07) is 16.9. The molecule has 0 radical (unpaired) electrons. The molecule has 3 aromatic rings. The quantitative estimate of drug-likeness (QED) is 0.394. The third kappa shape index (κ3) is 5.43. The lowest BCUT2D eigenvalue weighted by molar-refractivity contribution is -0.124. The number of carbonyl (C=O) groups excluding carboxylic acids is 1. The summed E-state index contributed by atoms with van der Waals surface area (Å²) in [4.78, 5) is 12.3. The highest BCUT2D eigenvalue weighted by Gasteiger charge is 2.22. The Labute approximate surface area is 215 Å². The largest absolute Gasteiger partial charge is 0.366 e. The third-order valence-electron chi connectivity index (χ3n) is 7.00. The minimum Gasteiger partial charge on any atom is -0.366 e. The molecule has 2 N–H and O–H groups in total. The van der Waals surface area contributed by atoms with E-state index in [9.17, 15) is 4.79 Å². The van der Waals surface area contributed by atoms with Crippen LogP contribution < -0.4 is 10.6 Å². The van der Waals surface area contributed by atoms with Gasteiger partial charge in [-0.05, 0) is 69.6 Å². The maximum atomic E-state index is 12.3. The lowest BCUT2D eigenvalue weighted by Gasteiger charge is -2.14. The number of rotatable bonds is 7. The van der Waals surface area contributed by atoms with E-state index in [2.05, 4.69) is 99.3 Å². The number of aryl methyl sites for hydroxylation is 1. The number of amides is 1. The van der Waals surface area contributed by atoms with Crippen LogP contribution in [0, 0.1) is 12.8 Å². The van der Waals surface area contributed by atoms with Gasteiger partial charge < -0.3 is 10.6 Å². The van der Waals surface area contributed by atoms with Gasteiger partial charge in [0.1, 0.15) is 5.82 Å². The van der Waals surface area contributed by atoms with Gasteiger partial charge in [-0.2, -0.15) is 5.10 Å². The van der Waals surface area contributed by atoms with Crippen LogP contribution in [0.4, 0.5) is 0 Å². The summed E-state index contributed by atoms with van der Waals surface area (Å²) in [7, 11) is 0. The topological polar surface area (TPSA) is 59.0 Å². The number of aromatic nitrogens is 2. The van der Waals surface area contributed by atoms with Crippen molar-refractivity contribution in [2.45, 2.75) is 52.1 Å². The molecule has 1 saturated carbocycles. The number of nitrogens with zero attached hydrogens (tertiary/aromatic N) is 2. The molecular weight excluding hydrogens is 500 g/mol. The lowest BCUT2D eigenvalue weighted by Crippen LogP contribution is -2.28. The molecule has 1 aliphatic heterocycles. The number of fused-ring (bicyclic) bond motifs is 1. The van der Waals surface area contributed by atoms with Gasteiger partial charge in [0.2, 0.25) is 5.91 Å². The summed E-state index contributed by atoms with van der Waals surface area (Å²) in [5.74, 6) is 1.36. The maximum absolute atomic E-state index is 12.3. The van der Waals surface area contributed by atoms with E-state index in [1.165, 1.54) is 35.1 Å². The molecule has 2 aromatic carbocycles. The van der Waals surface area contributed by atoms with Crippen molar-refractivity contribution in [2.75, 3.05) is 0 Å². The Morgan fingerprint density at radius 3 is 2.51 bits per heavy atom. The number of nitrogens with one attached hydrogen (secondary N) is 2. The first-order valence-corrected chi connectivity index (χ1v) is 13.2. The lowest BCUT2D eigenvalue weighted by atomic mass is 9.99. The van der Waals surface area contributed by atoms with E-state index in [1.54, 1.807) is 0 Å². The summed E-state index contributed by atoms with van der Waals surface area (Å²) >= 11 is 3.66. The highest BCUT2D eigenvalue weighted by molar-refractivity contribution is 9.10. The van der Waals surface area contributed by atoms with Crippen LogP contribution >= 0.6 is 15.9 Å². The molecule has 0 saturated heterocycles. The number of benzene rings is 2. The van der Waals surface area contributed by atoms with Crippen molar-refractivity contribution in [1.29, 1.82) is 0 Å². The molecule has 5 rings (SSSR count). The van der Waals surface area contributed by atoms with Crippen LogP contribution in [0.25, 0.3) is 11.4 Å². The van der Waals surface area contributed by atoms with Crippen molar-refractivity contribution in [3.05, 3.63) is 99.3 Å². The number of allylic oxidation sites excluding steroid dienone is 3. The Kier molecular flexibility index (Phi) is 7.19. The second-order valence-electron chi connectivity index (χ2n) is 9.43. The smallest absolute Gasteiger partial charge is 0.223 e. The Morgan fingerprint density at radius 1 is 1.06 bits per heavy atom. The zero-order valence-electron chi connectivity index (χ0n) is 20.1. The molecule has 1 fully saturated rings. The van der Waals surface area contributed by atoms with Gasteiger partial charge in [0, 0.05) is 25.4 Å².